The van der Waals surface area contributed by atoms with Gasteiger partial charge in [-0.25, -0.2) is 9.97 Å². The fourth-order valence-electron chi connectivity index (χ4n) is 2.43. The lowest BCUT2D eigenvalue weighted by Crippen LogP contribution is -2.20. The first kappa shape index (κ1) is 25.2. The molecular weight excluding hydrogens is 372 g/mol. The lowest BCUT2D eigenvalue weighted by atomic mass is 10.2. The maximum Gasteiger partial charge on any atom is 0.191 e. The number of nitrogen functional groups attached to an aromatic ring is 1. The van der Waals surface area contributed by atoms with Crippen LogP contribution in [0, 0.1) is 0 Å². The van der Waals surface area contributed by atoms with Crippen molar-refractivity contribution in [2.45, 2.75) is 77.6 Å². The van der Waals surface area contributed by atoms with Crippen molar-refractivity contribution in [2.75, 3.05) is 30.0 Å². The molecule has 0 bridgehead atoms. The molecule has 4 N–H and O–H groups in total. The van der Waals surface area contributed by atoms with E-state index in [1.807, 2.05) is 27.7 Å². The average Bonchev–Trinajstić information content (AvgIpc) is 3.12. The zero-order chi connectivity index (χ0) is 19.9. The van der Waals surface area contributed by atoms with Crippen LogP contribution in [0.5, 0.6) is 0 Å². The van der Waals surface area contributed by atoms with Crippen LogP contribution in [-0.4, -0.2) is 46.2 Å². The fraction of sp³-hybridized carbons (Fsp3) is 0.778. The standard InChI is InChI=1S/C14H23ClN4O2S.2C2H6/c1-2-7-22-14-18-12(15)11(16)13(19-14)17-9-3-4-10(8-9)21-6-5-20;2*1-2/h9-10,20H,2-8,16H2,1H3,(H,17,18,19);2*1-2H3. The molecule has 1 aliphatic rings. The Labute approximate surface area is 167 Å². The number of anilines is 2. The molecule has 6 nitrogen and oxygen atoms in total. The number of nitrogens with zero attached hydrogens (tertiary/aromatic N) is 2. The number of halogens is 1. The highest BCUT2D eigenvalue weighted by Crippen LogP contribution is 2.31. The molecule has 0 aliphatic heterocycles. The molecule has 0 saturated heterocycles. The quantitative estimate of drug-likeness (QED) is 0.329. The highest BCUT2D eigenvalue weighted by Gasteiger charge is 2.26. The van der Waals surface area contributed by atoms with Crippen molar-refractivity contribution in [3.8, 4) is 0 Å². The third-order valence-corrected chi connectivity index (χ3v) is 4.83. The fourth-order valence-corrected chi connectivity index (χ4v) is 3.34. The largest absolute Gasteiger partial charge is 0.394 e. The first-order valence-corrected chi connectivity index (χ1v) is 10.9. The lowest BCUT2D eigenvalue weighted by molar-refractivity contribution is 0.0326. The van der Waals surface area contributed by atoms with Gasteiger partial charge in [-0.2, -0.15) is 0 Å². The molecule has 1 fully saturated rings. The summed E-state index contributed by atoms with van der Waals surface area (Å²) in [6, 6.07) is 0.251. The molecule has 152 valence electrons. The van der Waals surface area contributed by atoms with Crippen LogP contribution in [0.3, 0.4) is 0 Å². The monoisotopic (exact) mass is 406 g/mol. The summed E-state index contributed by atoms with van der Waals surface area (Å²) >= 11 is 7.67. The predicted octanol–water partition coefficient (Wildman–Crippen LogP) is 4.61. The van der Waals surface area contributed by atoms with Crippen molar-refractivity contribution in [3.63, 3.8) is 0 Å². The van der Waals surface area contributed by atoms with E-state index in [2.05, 4.69) is 22.2 Å². The van der Waals surface area contributed by atoms with E-state index in [1.54, 1.807) is 11.8 Å². The Morgan fingerprint density at radius 1 is 1.27 bits per heavy atom. The van der Waals surface area contributed by atoms with E-state index in [4.69, 9.17) is 27.2 Å². The maximum atomic E-state index is 8.80. The molecule has 0 spiro atoms. The predicted molar refractivity (Wildman–Crippen MR) is 113 cm³/mol. The van der Waals surface area contributed by atoms with Crippen LogP contribution in [-0.2, 0) is 4.74 Å². The van der Waals surface area contributed by atoms with E-state index in [0.29, 0.717) is 28.4 Å². The third-order valence-electron chi connectivity index (χ3n) is 3.48. The number of hydrogen-bond donors (Lipinski definition) is 3. The molecule has 2 atom stereocenters. The number of thioether (sulfide) groups is 1. The van der Waals surface area contributed by atoms with Crippen LogP contribution in [0.4, 0.5) is 11.5 Å². The minimum absolute atomic E-state index is 0.0566. The second kappa shape index (κ2) is 15.3. The first-order chi connectivity index (χ1) is 12.6. The van der Waals surface area contributed by atoms with Gasteiger partial charge in [-0.15, -0.1) is 0 Å². The van der Waals surface area contributed by atoms with Crippen LogP contribution in [0.1, 0.15) is 60.3 Å². The van der Waals surface area contributed by atoms with Gasteiger partial charge in [0, 0.05) is 11.8 Å². The van der Waals surface area contributed by atoms with Gasteiger partial charge in [0.25, 0.3) is 0 Å². The number of rotatable bonds is 8. The minimum atomic E-state index is 0.0566. The summed E-state index contributed by atoms with van der Waals surface area (Å²) in [7, 11) is 0. The van der Waals surface area contributed by atoms with E-state index in [0.717, 1.165) is 31.4 Å². The summed E-state index contributed by atoms with van der Waals surface area (Å²) in [6.45, 7) is 10.5. The summed E-state index contributed by atoms with van der Waals surface area (Å²) < 4.78 is 5.57. The van der Waals surface area contributed by atoms with Crippen molar-refractivity contribution in [3.05, 3.63) is 5.15 Å². The zero-order valence-corrected chi connectivity index (χ0v) is 18.3. The summed E-state index contributed by atoms with van der Waals surface area (Å²) in [5.41, 5.74) is 6.37. The lowest BCUT2D eigenvalue weighted by Gasteiger charge is -2.16. The van der Waals surface area contributed by atoms with E-state index >= 15 is 0 Å². The highest BCUT2D eigenvalue weighted by atomic mass is 35.5. The summed E-state index contributed by atoms with van der Waals surface area (Å²) in [4.78, 5) is 8.67. The van der Waals surface area contributed by atoms with Crippen molar-refractivity contribution < 1.29 is 9.84 Å². The van der Waals surface area contributed by atoms with E-state index in [9.17, 15) is 0 Å². The zero-order valence-electron chi connectivity index (χ0n) is 16.7. The molecule has 0 aromatic carbocycles. The van der Waals surface area contributed by atoms with Crippen LogP contribution in [0.15, 0.2) is 5.16 Å². The van der Waals surface area contributed by atoms with Gasteiger partial charge in [0.05, 0.1) is 19.3 Å². The van der Waals surface area contributed by atoms with Crippen LogP contribution < -0.4 is 11.1 Å². The number of nitrogens with one attached hydrogen (secondary N) is 1. The van der Waals surface area contributed by atoms with Gasteiger partial charge in [0.2, 0.25) is 0 Å². The molecule has 8 heteroatoms. The molecule has 1 aliphatic carbocycles. The minimum Gasteiger partial charge on any atom is -0.394 e. The molecule has 26 heavy (non-hydrogen) atoms. The van der Waals surface area contributed by atoms with E-state index in [1.165, 1.54) is 0 Å². The Bertz CT molecular complexity index is 495. The SMILES string of the molecule is CC.CC.CCCSc1nc(Cl)c(N)c(NC2CCC(OCCO)C2)n1. The highest BCUT2D eigenvalue weighted by molar-refractivity contribution is 7.99. The Morgan fingerprint density at radius 2 is 1.96 bits per heavy atom. The normalized spacial score (nSPS) is 18.4. The molecule has 0 radical (unpaired) electrons. The van der Waals surface area contributed by atoms with Gasteiger partial charge in [-0.3, -0.25) is 0 Å². The van der Waals surface area contributed by atoms with Crippen molar-refractivity contribution in [2.24, 2.45) is 0 Å². The summed E-state index contributed by atoms with van der Waals surface area (Å²) in [5, 5.41) is 13.1. The molecule has 2 unspecified atom stereocenters. The van der Waals surface area contributed by atoms with Gasteiger partial charge in [-0.1, -0.05) is 58.0 Å². The molecule has 1 heterocycles. The number of hydrogen-bond acceptors (Lipinski definition) is 7. The number of aromatic nitrogens is 2. The Morgan fingerprint density at radius 3 is 2.58 bits per heavy atom. The maximum absolute atomic E-state index is 8.80. The van der Waals surface area contributed by atoms with Crippen LogP contribution in [0.2, 0.25) is 5.15 Å². The van der Waals surface area contributed by atoms with Crippen molar-refractivity contribution in [1.29, 1.82) is 0 Å². The Hall–Kier alpha value is -0.760. The topological polar surface area (TPSA) is 93.3 Å². The summed E-state index contributed by atoms with van der Waals surface area (Å²) in [6.07, 6.45) is 4.05. The van der Waals surface area contributed by atoms with Crippen molar-refractivity contribution in [1.82, 2.24) is 9.97 Å². The summed E-state index contributed by atoms with van der Waals surface area (Å²) in [5.74, 6) is 1.55. The smallest absolute Gasteiger partial charge is 0.191 e. The number of ether oxygens (including phenoxy) is 1. The van der Waals surface area contributed by atoms with Crippen LogP contribution in [0.25, 0.3) is 0 Å². The second-order valence-corrected chi connectivity index (χ2v) is 6.70. The van der Waals surface area contributed by atoms with Gasteiger partial charge in [0.1, 0.15) is 5.69 Å². The average molecular weight is 407 g/mol. The third kappa shape index (κ3) is 8.75. The second-order valence-electron chi connectivity index (χ2n) is 5.28. The number of aliphatic hydroxyl groups is 1. The van der Waals surface area contributed by atoms with E-state index in [-0.39, 0.29) is 18.8 Å². The molecule has 0 amide bonds. The van der Waals surface area contributed by atoms with E-state index < -0.39 is 0 Å². The molecule has 2 rings (SSSR count). The van der Waals surface area contributed by atoms with Gasteiger partial charge in [0.15, 0.2) is 16.1 Å². The molecule has 1 saturated carbocycles. The Balaban J connectivity index is 0.00000146. The van der Waals surface area contributed by atoms with Crippen LogP contribution >= 0.6 is 23.4 Å². The van der Waals surface area contributed by atoms with Gasteiger partial charge < -0.3 is 20.9 Å². The molecular formula is C18H35ClN4O2S. The Kier molecular flexibility index (Phi) is 14.9. The van der Waals surface area contributed by atoms with Gasteiger partial charge in [-0.05, 0) is 25.7 Å². The first-order valence-electron chi connectivity index (χ1n) is 9.58. The molecule has 1 aromatic heterocycles. The molecule has 1 aromatic rings. The van der Waals surface area contributed by atoms with Crippen molar-refractivity contribution >= 4 is 34.9 Å². The number of nitrogens with two attached hydrogens (primary N) is 1. The number of aliphatic hydroxyl groups excluding tert-OH is 1. The van der Waals surface area contributed by atoms with Gasteiger partial charge >= 0.3 is 0 Å².